The smallest absolute Gasteiger partial charge is 0.179 e. The van der Waals surface area contributed by atoms with Gasteiger partial charge in [-0.2, -0.15) is 0 Å². The van der Waals surface area contributed by atoms with Crippen LogP contribution in [0.15, 0.2) is 24.5 Å². The SMILES string of the molecule is CCN1CCC(c2cn3cccc(O)c3n2)CC1. The van der Waals surface area contributed by atoms with Crippen LogP contribution in [0.2, 0.25) is 0 Å². The summed E-state index contributed by atoms with van der Waals surface area (Å²) in [6, 6.07) is 3.53. The van der Waals surface area contributed by atoms with Crippen LogP contribution >= 0.6 is 0 Å². The van der Waals surface area contributed by atoms with Crippen molar-refractivity contribution in [2.75, 3.05) is 19.6 Å². The first-order valence-corrected chi connectivity index (χ1v) is 6.67. The molecule has 0 saturated carbocycles. The number of likely N-dealkylation sites (tertiary alicyclic amines) is 1. The van der Waals surface area contributed by atoms with Gasteiger partial charge in [0.2, 0.25) is 0 Å². The lowest BCUT2D eigenvalue weighted by atomic mass is 9.94. The Kier molecular flexibility index (Phi) is 2.96. The highest BCUT2D eigenvalue weighted by molar-refractivity contribution is 5.53. The summed E-state index contributed by atoms with van der Waals surface area (Å²) in [7, 11) is 0. The highest BCUT2D eigenvalue weighted by Gasteiger charge is 2.22. The highest BCUT2D eigenvalue weighted by atomic mass is 16.3. The zero-order chi connectivity index (χ0) is 12.5. The number of hydrogen-bond donors (Lipinski definition) is 1. The van der Waals surface area contributed by atoms with E-state index in [9.17, 15) is 5.11 Å². The molecule has 4 nitrogen and oxygen atoms in total. The Balaban J connectivity index is 1.85. The molecule has 0 atom stereocenters. The van der Waals surface area contributed by atoms with Crippen LogP contribution in [0.1, 0.15) is 31.4 Å². The Morgan fingerprint density at radius 2 is 2.17 bits per heavy atom. The van der Waals surface area contributed by atoms with Gasteiger partial charge in [0.05, 0.1) is 5.69 Å². The molecule has 2 aromatic rings. The van der Waals surface area contributed by atoms with Crippen molar-refractivity contribution in [2.45, 2.75) is 25.7 Å². The molecule has 1 saturated heterocycles. The van der Waals surface area contributed by atoms with Crippen LogP contribution in [0.4, 0.5) is 0 Å². The van der Waals surface area contributed by atoms with Crippen LogP contribution in [-0.4, -0.2) is 39.0 Å². The molecule has 0 aromatic carbocycles. The van der Waals surface area contributed by atoms with Gasteiger partial charge in [-0.3, -0.25) is 0 Å². The van der Waals surface area contributed by atoms with Gasteiger partial charge >= 0.3 is 0 Å². The Bertz CT molecular complexity index is 541. The average Bonchev–Trinajstić information content (AvgIpc) is 2.84. The summed E-state index contributed by atoms with van der Waals surface area (Å²) in [5.74, 6) is 0.793. The molecular formula is C14H19N3O. The first-order valence-electron chi connectivity index (χ1n) is 6.67. The molecule has 0 radical (unpaired) electrons. The minimum atomic E-state index is 0.259. The second kappa shape index (κ2) is 4.61. The topological polar surface area (TPSA) is 40.8 Å². The zero-order valence-electron chi connectivity index (χ0n) is 10.7. The van der Waals surface area contributed by atoms with Crippen LogP contribution in [-0.2, 0) is 0 Å². The van der Waals surface area contributed by atoms with E-state index in [-0.39, 0.29) is 5.75 Å². The summed E-state index contributed by atoms with van der Waals surface area (Å²) < 4.78 is 1.91. The van der Waals surface area contributed by atoms with Crippen molar-refractivity contribution in [2.24, 2.45) is 0 Å². The first kappa shape index (κ1) is 11.5. The van der Waals surface area contributed by atoms with E-state index in [1.54, 1.807) is 6.07 Å². The quantitative estimate of drug-likeness (QED) is 0.882. The summed E-state index contributed by atoms with van der Waals surface area (Å²) in [6.07, 6.45) is 6.32. The maximum Gasteiger partial charge on any atom is 0.179 e. The second-order valence-corrected chi connectivity index (χ2v) is 5.00. The van der Waals surface area contributed by atoms with Crippen molar-refractivity contribution < 1.29 is 5.11 Å². The van der Waals surface area contributed by atoms with E-state index < -0.39 is 0 Å². The van der Waals surface area contributed by atoms with E-state index in [2.05, 4.69) is 23.0 Å². The predicted molar refractivity (Wildman–Crippen MR) is 70.9 cm³/mol. The monoisotopic (exact) mass is 245 g/mol. The van der Waals surface area contributed by atoms with Crippen molar-refractivity contribution in [1.82, 2.24) is 14.3 Å². The zero-order valence-corrected chi connectivity index (χ0v) is 10.7. The molecule has 1 fully saturated rings. The molecule has 0 amide bonds. The van der Waals surface area contributed by atoms with Crippen molar-refractivity contribution in [1.29, 1.82) is 0 Å². The van der Waals surface area contributed by atoms with Crippen molar-refractivity contribution in [3.8, 4) is 5.75 Å². The number of aromatic hydroxyl groups is 1. The molecule has 18 heavy (non-hydrogen) atoms. The van der Waals surface area contributed by atoms with Gasteiger partial charge in [0, 0.05) is 18.3 Å². The van der Waals surface area contributed by atoms with E-state index in [4.69, 9.17) is 0 Å². The summed E-state index contributed by atoms with van der Waals surface area (Å²) in [6.45, 7) is 5.66. The largest absolute Gasteiger partial charge is 0.504 e. The van der Waals surface area contributed by atoms with Gasteiger partial charge in [-0.25, -0.2) is 4.98 Å². The molecule has 0 aliphatic carbocycles. The van der Waals surface area contributed by atoms with Crippen LogP contribution in [0.25, 0.3) is 5.65 Å². The summed E-state index contributed by atoms with van der Waals surface area (Å²) >= 11 is 0. The van der Waals surface area contributed by atoms with Gasteiger partial charge in [-0.1, -0.05) is 6.92 Å². The van der Waals surface area contributed by atoms with Gasteiger partial charge in [0.25, 0.3) is 0 Å². The Morgan fingerprint density at radius 1 is 1.39 bits per heavy atom. The molecule has 1 N–H and O–H groups in total. The maximum atomic E-state index is 9.77. The lowest BCUT2D eigenvalue weighted by Gasteiger charge is -2.30. The van der Waals surface area contributed by atoms with Crippen molar-refractivity contribution in [3.05, 3.63) is 30.2 Å². The third-order valence-corrected chi connectivity index (χ3v) is 3.93. The van der Waals surface area contributed by atoms with Gasteiger partial charge in [0.1, 0.15) is 0 Å². The number of imidazole rings is 1. The van der Waals surface area contributed by atoms with Crippen LogP contribution in [0, 0.1) is 0 Å². The van der Waals surface area contributed by atoms with Gasteiger partial charge in [0.15, 0.2) is 11.4 Å². The molecule has 2 aromatic heterocycles. The summed E-state index contributed by atoms with van der Waals surface area (Å²) in [4.78, 5) is 7.06. The fraction of sp³-hybridized carbons (Fsp3) is 0.500. The van der Waals surface area contributed by atoms with Crippen LogP contribution < -0.4 is 0 Å². The molecule has 0 spiro atoms. The minimum Gasteiger partial charge on any atom is -0.504 e. The van der Waals surface area contributed by atoms with Gasteiger partial charge < -0.3 is 14.4 Å². The first-order chi connectivity index (χ1) is 8.78. The Morgan fingerprint density at radius 3 is 2.83 bits per heavy atom. The van der Waals surface area contributed by atoms with E-state index in [0.717, 1.165) is 25.3 Å². The summed E-state index contributed by atoms with van der Waals surface area (Å²) in [5, 5.41) is 9.77. The fourth-order valence-corrected chi connectivity index (χ4v) is 2.76. The van der Waals surface area contributed by atoms with E-state index >= 15 is 0 Å². The minimum absolute atomic E-state index is 0.259. The highest BCUT2D eigenvalue weighted by Crippen LogP contribution is 2.28. The lowest BCUT2D eigenvalue weighted by Crippen LogP contribution is -2.32. The number of fused-ring (bicyclic) bond motifs is 1. The molecule has 0 bridgehead atoms. The third kappa shape index (κ3) is 1.97. The molecule has 0 unspecified atom stereocenters. The molecule has 1 aliphatic rings. The molecule has 3 rings (SSSR count). The van der Waals surface area contributed by atoms with Crippen LogP contribution in [0.5, 0.6) is 5.75 Å². The molecule has 96 valence electrons. The standard InChI is InChI=1S/C14H19N3O/c1-2-16-8-5-11(6-9-16)12-10-17-7-3-4-13(18)14(17)15-12/h3-4,7,10-11,18H,2,5-6,8-9H2,1H3. The lowest BCUT2D eigenvalue weighted by molar-refractivity contribution is 0.221. The van der Waals surface area contributed by atoms with E-state index in [1.807, 2.05) is 16.7 Å². The van der Waals surface area contributed by atoms with Crippen LogP contribution in [0.3, 0.4) is 0 Å². The normalized spacial score (nSPS) is 18.5. The number of pyridine rings is 1. The van der Waals surface area contributed by atoms with Gasteiger partial charge in [-0.05, 0) is 44.6 Å². The molecule has 4 heteroatoms. The fourth-order valence-electron chi connectivity index (χ4n) is 2.76. The van der Waals surface area contributed by atoms with Gasteiger partial charge in [-0.15, -0.1) is 0 Å². The van der Waals surface area contributed by atoms with Crippen molar-refractivity contribution >= 4 is 5.65 Å². The van der Waals surface area contributed by atoms with E-state index in [1.165, 1.54) is 12.8 Å². The second-order valence-electron chi connectivity index (χ2n) is 5.00. The third-order valence-electron chi connectivity index (χ3n) is 3.93. The number of piperidine rings is 1. The average molecular weight is 245 g/mol. The maximum absolute atomic E-state index is 9.77. The number of rotatable bonds is 2. The molecule has 1 aliphatic heterocycles. The molecule has 3 heterocycles. The molecular weight excluding hydrogens is 226 g/mol. The van der Waals surface area contributed by atoms with Crippen molar-refractivity contribution in [3.63, 3.8) is 0 Å². The number of hydrogen-bond acceptors (Lipinski definition) is 3. The Hall–Kier alpha value is -1.55. The number of aromatic nitrogens is 2. The number of nitrogens with zero attached hydrogens (tertiary/aromatic N) is 3. The summed E-state index contributed by atoms with van der Waals surface area (Å²) in [5.41, 5.74) is 1.79. The van der Waals surface area contributed by atoms with E-state index in [0.29, 0.717) is 11.6 Å². The Labute approximate surface area is 107 Å². The predicted octanol–water partition coefficient (Wildman–Crippen LogP) is 2.24.